The number of para-hydroxylation sites is 1. The van der Waals surface area contributed by atoms with E-state index in [0.717, 1.165) is 30.8 Å². The van der Waals surface area contributed by atoms with Crippen LogP contribution in [-0.4, -0.2) is 53.0 Å². The summed E-state index contributed by atoms with van der Waals surface area (Å²) in [5.74, 6) is 0.578. The van der Waals surface area contributed by atoms with Gasteiger partial charge in [0.05, 0.1) is 41.9 Å². The SMILES string of the molecule is COc1cnc2cccc(C(O)CC(NCc3cc4c(cc3F)SCC(=O)N4)C3CCCNC3)c2n1. The maximum Gasteiger partial charge on any atom is 0.234 e. The lowest BCUT2D eigenvalue weighted by molar-refractivity contribution is -0.113. The molecule has 1 amide bonds. The molecule has 3 aromatic rings. The van der Waals surface area contributed by atoms with Gasteiger partial charge >= 0.3 is 0 Å². The van der Waals surface area contributed by atoms with Gasteiger partial charge in [-0.15, -0.1) is 11.8 Å². The summed E-state index contributed by atoms with van der Waals surface area (Å²) in [5, 5.41) is 21.1. The molecule has 2 aliphatic rings. The number of aromatic nitrogens is 2. The molecule has 3 heterocycles. The van der Waals surface area contributed by atoms with Gasteiger partial charge in [-0.3, -0.25) is 4.79 Å². The molecule has 1 saturated heterocycles. The van der Waals surface area contributed by atoms with E-state index < -0.39 is 6.10 Å². The van der Waals surface area contributed by atoms with E-state index >= 15 is 0 Å². The molecule has 2 aromatic carbocycles. The number of anilines is 1. The van der Waals surface area contributed by atoms with Crippen LogP contribution in [0.2, 0.25) is 0 Å². The van der Waals surface area contributed by atoms with Crippen LogP contribution in [0, 0.1) is 11.7 Å². The van der Waals surface area contributed by atoms with Crippen molar-refractivity contribution in [2.75, 3.05) is 31.3 Å². The fourth-order valence-electron chi connectivity index (χ4n) is 4.96. The molecule has 190 valence electrons. The minimum atomic E-state index is -0.793. The van der Waals surface area contributed by atoms with Gasteiger partial charge in [0.1, 0.15) is 5.82 Å². The Hall–Kier alpha value is -2.79. The van der Waals surface area contributed by atoms with Gasteiger partial charge in [-0.1, -0.05) is 12.1 Å². The van der Waals surface area contributed by atoms with Gasteiger partial charge in [0.25, 0.3) is 0 Å². The molecule has 0 spiro atoms. The van der Waals surface area contributed by atoms with Crippen molar-refractivity contribution in [3.63, 3.8) is 0 Å². The number of nitrogens with one attached hydrogen (secondary N) is 3. The number of carbonyl (C=O) groups is 1. The first kappa shape index (κ1) is 24.9. The highest BCUT2D eigenvalue weighted by atomic mass is 32.2. The maximum absolute atomic E-state index is 14.9. The van der Waals surface area contributed by atoms with Crippen LogP contribution in [0.4, 0.5) is 10.1 Å². The lowest BCUT2D eigenvalue weighted by Crippen LogP contribution is -2.44. The molecule has 3 unspecified atom stereocenters. The van der Waals surface area contributed by atoms with Crippen molar-refractivity contribution >= 4 is 34.4 Å². The predicted octanol–water partition coefficient (Wildman–Crippen LogP) is 3.40. The third-order valence-electron chi connectivity index (χ3n) is 6.87. The number of amides is 1. The van der Waals surface area contributed by atoms with Crippen LogP contribution in [0.3, 0.4) is 0 Å². The lowest BCUT2D eigenvalue weighted by atomic mass is 9.86. The smallest absolute Gasteiger partial charge is 0.234 e. The molecule has 0 aliphatic carbocycles. The van der Waals surface area contributed by atoms with Gasteiger partial charge in [-0.2, -0.15) is 0 Å². The van der Waals surface area contributed by atoms with E-state index in [0.29, 0.717) is 45.9 Å². The Morgan fingerprint density at radius 2 is 2.25 bits per heavy atom. The molecule has 10 heteroatoms. The standard InChI is InChI=1S/C26H30FN5O3S/c1-35-25-13-30-19-6-2-5-17(26(19)32-25)22(33)10-20(15-4-3-7-28-11-15)29-12-16-8-21-23(9-18(16)27)36-14-24(34)31-21/h2,5-6,8-9,13,15,20,22,28-29,33H,3-4,7,10-12,14H2,1H3,(H,31,34). The van der Waals surface area contributed by atoms with Gasteiger partial charge in [-0.25, -0.2) is 14.4 Å². The number of carbonyl (C=O) groups excluding carboxylic acids is 1. The quantitative estimate of drug-likeness (QED) is 0.365. The summed E-state index contributed by atoms with van der Waals surface area (Å²) < 4.78 is 20.1. The number of thioether (sulfide) groups is 1. The summed E-state index contributed by atoms with van der Waals surface area (Å²) in [7, 11) is 1.54. The van der Waals surface area contributed by atoms with Gasteiger partial charge in [0.2, 0.25) is 11.8 Å². The Bertz CT molecular complexity index is 1250. The van der Waals surface area contributed by atoms with Crippen LogP contribution in [0.5, 0.6) is 5.88 Å². The van der Waals surface area contributed by atoms with E-state index in [4.69, 9.17) is 4.74 Å². The highest BCUT2D eigenvalue weighted by Crippen LogP contribution is 2.34. The number of halogens is 1. The Morgan fingerprint density at radius 1 is 1.36 bits per heavy atom. The van der Waals surface area contributed by atoms with Crippen LogP contribution in [-0.2, 0) is 11.3 Å². The topological polar surface area (TPSA) is 108 Å². The van der Waals surface area contributed by atoms with Gasteiger partial charge in [-0.05, 0) is 56.5 Å². The monoisotopic (exact) mass is 511 g/mol. The third kappa shape index (κ3) is 5.46. The summed E-state index contributed by atoms with van der Waals surface area (Å²) in [4.78, 5) is 21.4. The summed E-state index contributed by atoms with van der Waals surface area (Å²) in [6.07, 6.45) is 3.26. The number of benzene rings is 2. The third-order valence-corrected chi connectivity index (χ3v) is 7.92. The molecule has 5 rings (SSSR count). The molecule has 1 fully saturated rings. The number of nitrogens with zero attached hydrogens (tertiary/aromatic N) is 2. The zero-order valence-corrected chi connectivity index (χ0v) is 20.9. The first-order chi connectivity index (χ1) is 17.5. The number of hydrogen-bond donors (Lipinski definition) is 4. The second-order valence-electron chi connectivity index (χ2n) is 9.25. The van der Waals surface area contributed by atoms with Crippen molar-refractivity contribution in [1.82, 2.24) is 20.6 Å². The predicted molar refractivity (Wildman–Crippen MR) is 138 cm³/mol. The number of piperidine rings is 1. The van der Waals surface area contributed by atoms with Crippen LogP contribution in [0.15, 0.2) is 41.4 Å². The van der Waals surface area contributed by atoms with Crippen molar-refractivity contribution in [2.24, 2.45) is 5.92 Å². The summed E-state index contributed by atoms with van der Waals surface area (Å²) >= 11 is 1.34. The van der Waals surface area contributed by atoms with Crippen molar-refractivity contribution in [2.45, 2.75) is 42.8 Å². The van der Waals surface area contributed by atoms with Gasteiger partial charge < -0.3 is 25.8 Å². The average Bonchev–Trinajstić information content (AvgIpc) is 2.91. The van der Waals surface area contributed by atoms with E-state index in [-0.39, 0.29) is 30.2 Å². The first-order valence-electron chi connectivity index (χ1n) is 12.2. The minimum absolute atomic E-state index is 0.0685. The van der Waals surface area contributed by atoms with E-state index in [1.165, 1.54) is 24.9 Å². The zero-order valence-electron chi connectivity index (χ0n) is 20.1. The van der Waals surface area contributed by atoms with Gasteiger partial charge in [0, 0.05) is 28.6 Å². The second-order valence-corrected chi connectivity index (χ2v) is 10.3. The summed E-state index contributed by atoms with van der Waals surface area (Å²) in [5.41, 5.74) is 3.12. The second kappa shape index (κ2) is 11.1. The average molecular weight is 512 g/mol. The summed E-state index contributed by atoms with van der Waals surface area (Å²) in [6, 6.07) is 8.71. The van der Waals surface area contributed by atoms with Crippen molar-refractivity contribution in [3.05, 3.63) is 53.5 Å². The molecular weight excluding hydrogens is 481 g/mol. The number of fused-ring (bicyclic) bond motifs is 2. The number of rotatable bonds is 8. The fourth-order valence-corrected chi connectivity index (χ4v) is 5.77. The highest BCUT2D eigenvalue weighted by Gasteiger charge is 2.28. The number of hydrogen-bond acceptors (Lipinski definition) is 8. The van der Waals surface area contributed by atoms with E-state index in [1.807, 2.05) is 18.2 Å². The largest absolute Gasteiger partial charge is 0.480 e. The molecule has 3 atom stereocenters. The highest BCUT2D eigenvalue weighted by molar-refractivity contribution is 8.00. The number of methoxy groups -OCH3 is 1. The molecule has 0 radical (unpaired) electrons. The van der Waals surface area contributed by atoms with Crippen molar-refractivity contribution in [3.8, 4) is 5.88 Å². The minimum Gasteiger partial charge on any atom is -0.480 e. The molecule has 2 aliphatic heterocycles. The molecule has 0 bridgehead atoms. The van der Waals surface area contributed by atoms with Crippen molar-refractivity contribution in [1.29, 1.82) is 0 Å². The Kier molecular flexibility index (Phi) is 7.66. The van der Waals surface area contributed by atoms with Crippen LogP contribution in [0.1, 0.15) is 36.5 Å². The van der Waals surface area contributed by atoms with Crippen molar-refractivity contribution < 1.29 is 19.0 Å². The van der Waals surface area contributed by atoms with E-state index in [1.54, 1.807) is 12.3 Å². The van der Waals surface area contributed by atoms with Crippen LogP contribution < -0.4 is 20.7 Å². The molecule has 0 saturated carbocycles. The fraction of sp³-hybridized carbons (Fsp3) is 0.423. The lowest BCUT2D eigenvalue weighted by Gasteiger charge is -2.33. The Labute approximate surface area is 213 Å². The molecule has 1 aromatic heterocycles. The van der Waals surface area contributed by atoms with Gasteiger partial charge in [0.15, 0.2) is 0 Å². The molecule has 4 N–H and O–H groups in total. The van der Waals surface area contributed by atoms with E-state index in [2.05, 4.69) is 25.9 Å². The normalized spacial score (nSPS) is 19.4. The number of aliphatic hydroxyl groups is 1. The summed E-state index contributed by atoms with van der Waals surface area (Å²) in [6.45, 7) is 2.09. The zero-order chi connectivity index (χ0) is 25.1. The Balaban J connectivity index is 1.37. The number of aliphatic hydroxyl groups excluding tert-OH is 1. The van der Waals surface area contributed by atoms with E-state index in [9.17, 15) is 14.3 Å². The first-order valence-corrected chi connectivity index (χ1v) is 13.2. The Morgan fingerprint density at radius 3 is 3.06 bits per heavy atom. The molecule has 36 heavy (non-hydrogen) atoms. The van der Waals surface area contributed by atoms with Crippen LogP contribution in [0.25, 0.3) is 11.0 Å². The maximum atomic E-state index is 14.9. The molecular formula is C26H30FN5O3S. The molecule has 8 nitrogen and oxygen atoms in total. The van der Waals surface area contributed by atoms with Crippen LogP contribution >= 0.6 is 11.8 Å². The number of ether oxygens (including phenoxy) is 1.